The lowest BCUT2D eigenvalue weighted by molar-refractivity contribution is -0.106. The number of benzene rings is 2. The van der Waals surface area contributed by atoms with Crippen LogP contribution in [0.25, 0.3) is 0 Å². The molecule has 0 spiro atoms. The van der Waals surface area contributed by atoms with Crippen molar-refractivity contribution in [1.29, 1.82) is 0 Å². The zero-order chi connectivity index (χ0) is 26.9. The molecule has 3 aromatic rings. The van der Waals surface area contributed by atoms with Crippen molar-refractivity contribution in [3.05, 3.63) is 93.1 Å². The number of imidazole rings is 1. The molecule has 1 N–H and O–H groups in total. The van der Waals surface area contributed by atoms with Gasteiger partial charge in [0.15, 0.2) is 28.8 Å². The summed E-state index contributed by atoms with van der Waals surface area (Å²) in [5.74, 6) is -0.749. The first-order valence-corrected chi connectivity index (χ1v) is 12.1. The zero-order valence-corrected chi connectivity index (χ0v) is 22.0. The number of hydrogen-bond donors (Lipinski definition) is 1. The summed E-state index contributed by atoms with van der Waals surface area (Å²) in [4.78, 5) is 35.3. The summed E-state index contributed by atoms with van der Waals surface area (Å²) >= 11 is 12.2. The Bertz CT molecular complexity index is 1420. The summed E-state index contributed by atoms with van der Waals surface area (Å²) in [5.41, 5.74) is 1.44. The molecule has 1 aromatic heterocycles. The lowest BCUT2D eigenvalue weighted by Crippen LogP contribution is -2.32. The van der Waals surface area contributed by atoms with Gasteiger partial charge in [0.2, 0.25) is 6.41 Å². The maximum atomic E-state index is 15.2. The molecule has 2 aromatic carbocycles. The molecule has 0 saturated heterocycles. The molecule has 2 amide bonds. The molecule has 4 rings (SSSR count). The fourth-order valence-electron chi connectivity index (χ4n) is 4.43. The number of carbonyl (C=O) groups is 2. The van der Waals surface area contributed by atoms with Crippen LogP contribution in [0.1, 0.15) is 53.5 Å². The van der Waals surface area contributed by atoms with Crippen molar-refractivity contribution in [2.24, 2.45) is 4.99 Å². The highest BCUT2D eigenvalue weighted by molar-refractivity contribution is 6.31. The Morgan fingerprint density at radius 2 is 1.92 bits per heavy atom. The number of fused-ring (bicyclic) bond motifs is 1. The molecule has 8 nitrogen and oxygen atoms in total. The number of carbonyl (C=O) groups excluding carboxylic acids is 2. The molecule has 0 aliphatic carbocycles. The average molecular weight is 544 g/mol. The SMILES string of the molecule is CN/C=C(OC)\C(=N/C=O)c1nc2c(n1C(C)C)C(c1ccc(Cl)cc1)N(c1cccc(Cl)c1F)C2=O. The molecule has 0 bridgehead atoms. The third kappa shape index (κ3) is 4.60. The van der Waals surface area contributed by atoms with E-state index in [1.165, 1.54) is 30.3 Å². The van der Waals surface area contributed by atoms with E-state index in [1.807, 2.05) is 13.8 Å². The highest BCUT2D eigenvalue weighted by Crippen LogP contribution is 2.45. The molecule has 1 aliphatic rings. The van der Waals surface area contributed by atoms with Crippen molar-refractivity contribution in [2.75, 3.05) is 19.1 Å². The van der Waals surface area contributed by atoms with Gasteiger partial charge in [0.1, 0.15) is 6.04 Å². The fraction of sp³-hybridized carbons (Fsp3) is 0.231. The fourth-order valence-corrected chi connectivity index (χ4v) is 4.72. The van der Waals surface area contributed by atoms with Gasteiger partial charge in [-0.25, -0.2) is 14.4 Å². The van der Waals surface area contributed by atoms with Gasteiger partial charge in [-0.3, -0.25) is 14.5 Å². The summed E-state index contributed by atoms with van der Waals surface area (Å²) in [6.45, 7) is 3.81. The van der Waals surface area contributed by atoms with Gasteiger partial charge in [-0.1, -0.05) is 41.4 Å². The van der Waals surface area contributed by atoms with Crippen molar-refractivity contribution >= 4 is 46.9 Å². The maximum Gasteiger partial charge on any atom is 0.279 e. The van der Waals surface area contributed by atoms with Crippen molar-refractivity contribution in [3.8, 4) is 0 Å². The number of hydrogen-bond acceptors (Lipinski definition) is 5. The number of allylic oxidation sites excluding steroid dienone is 1. The number of aromatic nitrogens is 2. The maximum absolute atomic E-state index is 15.2. The van der Waals surface area contributed by atoms with E-state index in [0.717, 1.165) is 0 Å². The number of ether oxygens (including phenoxy) is 1. The van der Waals surface area contributed by atoms with E-state index >= 15 is 4.39 Å². The Morgan fingerprint density at radius 3 is 2.51 bits per heavy atom. The predicted octanol–water partition coefficient (Wildman–Crippen LogP) is 5.31. The highest BCUT2D eigenvalue weighted by atomic mass is 35.5. The van der Waals surface area contributed by atoms with Crippen molar-refractivity contribution < 1.29 is 18.7 Å². The van der Waals surface area contributed by atoms with Gasteiger partial charge in [-0.05, 0) is 43.7 Å². The topological polar surface area (TPSA) is 88.8 Å². The van der Waals surface area contributed by atoms with Gasteiger partial charge in [0.25, 0.3) is 5.91 Å². The van der Waals surface area contributed by atoms with Gasteiger partial charge < -0.3 is 14.6 Å². The van der Waals surface area contributed by atoms with E-state index in [4.69, 9.17) is 27.9 Å². The second-order valence-electron chi connectivity index (χ2n) is 8.42. The van der Waals surface area contributed by atoms with E-state index in [-0.39, 0.29) is 39.7 Å². The Kier molecular flexibility index (Phi) is 7.65. The first kappa shape index (κ1) is 26.4. The molecule has 1 atom stereocenters. The highest BCUT2D eigenvalue weighted by Gasteiger charge is 2.46. The first-order valence-electron chi connectivity index (χ1n) is 11.3. The van der Waals surface area contributed by atoms with Gasteiger partial charge in [0.05, 0.1) is 23.5 Å². The van der Waals surface area contributed by atoms with Crippen molar-refractivity contribution in [1.82, 2.24) is 14.9 Å². The Morgan fingerprint density at radius 1 is 1.22 bits per heavy atom. The third-order valence-electron chi connectivity index (χ3n) is 5.90. The Balaban J connectivity index is 2.04. The Hall–Kier alpha value is -3.69. The molecule has 0 radical (unpaired) electrons. The van der Waals surface area contributed by atoms with Crippen LogP contribution in [-0.2, 0) is 9.53 Å². The van der Waals surface area contributed by atoms with Gasteiger partial charge >= 0.3 is 0 Å². The summed E-state index contributed by atoms with van der Waals surface area (Å²) in [7, 11) is 3.11. The number of nitrogens with one attached hydrogen (secondary N) is 1. The number of aliphatic imine (C=N–C) groups is 1. The number of anilines is 1. The van der Waals surface area contributed by atoms with Crippen LogP contribution in [0.4, 0.5) is 10.1 Å². The summed E-state index contributed by atoms with van der Waals surface area (Å²) in [6, 6.07) is 10.4. The van der Waals surface area contributed by atoms with Crippen LogP contribution in [0, 0.1) is 5.82 Å². The second kappa shape index (κ2) is 10.7. The van der Waals surface area contributed by atoms with Crippen LogP contribution < -0.4 is 10.2 Å². The molecule has 0 fully saturated rings. The summed E-state index contributed by atoms with van der Waals surface area (Å²) in [6.07, 6.45) is 1.91. The molecule has 11 heteroatoms. The minimum atomic E-state index is -0.770. The standard InChI is InChI=1S/C26H24Cl2FN5O3/c1-14(2)33-24-22(32-25(33)21(31-13-35)19(37-4)12-30-3)26(36)34(18-7-5-6-17(28)20(18)29)23(24)15-8-10-16(27)11-9-15/h5-14,23,30H,1-4H3/b19-12+,31-21+. The van der Waals surface area contributed by atoms with Crippen LogP contribution in [0.5, 0.6) is 0 Å². The van der Waals surface area contributed by atoms with Crippen LogP contribution in [0.2, 0.25) is 10.0 Å². The minimum Gasteiger partial charge on any atom is -0.493 e. The smallest absolute Gasteiger partial charge is 0.279 e. The van der Waals surface area contributed by atoms with Crippen LogP contribution in [0.3, 0.4) is 0 Å². The van der Waals surface area contributed by atoms with Gasteiger partial charge in [-0.2, -0.15) is 0 Å². The third-order valence-corrected chi connectivity index (χ3v) is 6.45. The quantitative estimate of drug-likeness (QED) is 0.236. The van der Waals surface area contributed by atoms with Crippen LogP contribution >= 0.6 is 23.2 Å². The molecule has 1 unspecified atom stereocenters. The van der Waals surface area contributed by atoms with Gasteiger partial charge in [0, 0.05) is 24.3 Å². The Labute approximate surface area is 223 Å². The largest absolute Gasteiger partial charge is 0.493 e. The second-order valence-corrected chi connectivity index (χ2v) is 9.26. The van der Waals surface area contributed by atoms with Crippen LogP contribution in [-0.4, -0.2) is 41.7 Å². The molecular formula is C26H24Cl2FN5O3. The number of rotatable bonds is 8. The number of halogens is 3. The zero-order valence-electron chi connectivity index (χ0n) is 20.5. The molecule has 192 valence electrons. The van der Waals surface area contributed by atoms with E-state index in [2.05, 4.69) is 15.3 Å². The first-order chi connectivity index (χ1) is 17.7. The number of methoxy groups -OCH3 is 1. The monoisotopic (exact) mass is 543 g/mol. The van der Waals surface area contributed by atoms with Gasteiger partial charge in [-0.15, -0.1) is 0 Å². The van der Waals surface area contributed by atoms with E-state index < -0.39 is 17.8 Å². The lowest BCUT2D eigenvalue weighted by atomic mass is 10.0. The minimum absolute atomic E-state index is 0.0155. The summed E-state index contributed by atoms with van der Waals surface area (Å²) < 4.78 is 22.5. The summed E-state index contributed by atoms with van der Waals surface area (Å²) in [5, 5.41) is 3.25. The van der Waals surface area contributed by atoms with Crippen molar-refractivity contribution in [3.63, 3.8) is 0 Å². The molecule has 0 saturated carbocycles. The molecular weight excluding hydrogens is 520 g/mol. The van der Waals surface area contributed by atoms with E-state index in [1.54, 1.807) is 41.9 Å². The number of amides is 2. The van der Waals surface area contributed by atoms with E-state index in [0.29, 0.717) is 22.7 Å². The molecule has 37 heavy (non-hydrogen) atoms. The molecule has 1 aliphatic heterocycles. The molecule has 2 heterocycles. The lowest BCUT2D eigenvalue weighted by Gasteiger charge is -2.29. The normalized spacial score (nSPS) is 15.8. The number of nitrogens with zero attached hydrogens (tertiary/aromatic N) is 4. The van der Waals surface area contributed by atoms with Crippen molar-refractivity contribution in [2.45, 2.75) is 25.9 Å². The van der Waals surface area contributed by atoms with E-state index in [9.17, 15) is 9.59 Å². The predicted molar refractivity (Wildman–Crippen MR) is 141 cm³/mol. The van der Waals surface area contributed by atoms with Crippen LogP contribution in [0.15, 0.2) is 59.4 Å². The average Bonchev–Trinajstić information content (AvgIpc) is 3.39.